The molecule has 1 saturated heterocycles. The molecule has 1 aliphatic rings. The minimum absolute atomic E-state index is 0.108. The fraction of sp³-hybridized carbons (Fsp3) is 0.409. The number of aliphatic hydroxyl groups excluding tert-OH is 3. The highest BCUT2D eigenvalue weighted by atomic mass is 16.7. The summed E-state index contributed by atoms with van der Waals surface area (Å²) in [6.45, 7) is 1.37. The lowest BCUT2D eigenvalue weighted by molar-refractivity contribution is -0.334. The van der Waals surface area contributed by atoms with Crippen LogP contribution >= 0.6 is 0 Å². The summed E-state index contributed by atoms with van der Waals surface area (Å²) >= 11 is 0. The van der Waals surface area contributed by atoms with Gasteiger partial charge < -0.3 is 34.3 Å². The second-order valence-electron chi connectivity index (χ2n) is 7.00. The third-order valence-electron chi connectivity index (χ3n) is 4.71. The van der Waals surface area contributed by atoms with Crippen molar-refractivity contribution in [1.82, 2.24) is 0 Å². The zero-order valence-corrected chi connectivity index (χ0v) is 16.5. The minimum atomic E-state index is -1.73. The van der Waals surface area contributed by atoms with Crippen molar-refractivity contribution < 1.29 is 39.1 Å². The number of aliphatic hydroxyl groups is 3. The van der Waals surface area contributed by atoms with Gasteiger partial charge >= 0.3 is 5.97 Å². The van der Waals surface area contributed by atoms with Crippen LogP contribution in [0.2, 0.25) is 0 Å². The maximum atomic E-state index is 11.2. The zero-order chi connectivity index (χ0) is 21.5. The summed E-state index contributed by atoms with van der Waals surface area (Å²) < 4.78 is 21.7. The topological polar surface area (TPSA) is 115 Å². The predicted octanol–water partition coefficient (Wildman–Crippen LogP) is 1.12. The van der Waals surface area contributed by atoms with Crippen LogP contribution in [0.3, 0.4) is 0 Å². The molecule has 0 radical (unpaired) electrons. The van der Waals surface area contributed by atoms with E-state index in [-0.39, 0.29) is 13.2 Å². The molecule has 6 atom stereocenters. The van der Waals surface area contributed by atoms with Gasteiger partial charge in [0.1, 0.15) is 18.3 Å². The average Bonchev–Trinajstić information content (AvgIpc) is 2.73. The maximum absolute atomic E-state index is 11.2. The number of rotatable bonds is 8. The van der Waals surface area contributed by atoms with Crippen LogP contribution in [0.1, 0.15) is 18.1 Å². The second-order valence-corrected chi connectivity index (χ2v) is 7.00. The van der Waals surface area contributed by atoms with E-state index in [9.17, 15) is 20.1 Å². The molecule has 2 aromatic carbocycles. The van der Waals surface area contributed by atoms with Gasteiger partial charge in [0.15, 0.2) is 12.4 Å². The van der Waals surface area contributed by atoms with Crippen molar-refractivity contribution >= 4 is 5.97 Å². The Labute approximate surface area is 174 Å². The first-order valence-electron chi connectivity index (χ1n) is 9.63. The first-order chi connectivity index (χ1) is 14.5. The fourth-order valence-electron chi connectivity index (χ4n) is 3.24. The molecule has 1 fully saturated rings. The van der Waals surface area contributed by atoms with Crippen LogP contribution in [0.5, 0.6) is 0 Å². The van der Waals surface area contributed by atoms with Crippen LogP contribution in [0.15, 0.2) is 60.7 Å². The number of ether oxygens (including phenoxy) is 4. The predicted molar refractivity (Wildman–Crippen MR) is 105 cm³/mol. The number of carbonyl (C=O) groups is 1. The van der Waals surface area contributed by atoms with Gasteiger partial charge in [0.25, 0.3) is 0 Å². The fourth-order valence-corrected chi connectivity index (χ4v) is 3.24. The molecule has 0 bridgehead atoms. The van der Waals surface area contributed by atoms with E-state index < -0.39 is 43.0 Å². The van der Waals surface area contributed by atoms with E-state index in [1.54, 1.807) is 0 Å². The van der Waals surface area contributed by atoms with Gasteiger partial charge in [-0.15, -0.1) is 0 Å². The van der Waals surface area contributed by atoms with E-state index in [0.29, 0.717) is 0 Å². The molecule has 1 heterocycles. The van der Waals surface area contributed by atoms with Crippen LogP contribution in [-0.2, 0) is 37.0 Å². The van der Waals surface area contributed by atoms with E-state index in [1.807, 2.05) is 60.7 Å². The van der Waals surface area contributed by atoms with Gasteiger partial charge in [0, 0.05) is 6.92 Å². The molecule has 2 aromatic rings. The number of carbonyl (C=O) groups excluding carboxylic acids is 1. The molecule has 0 aromatic heterocycles. The van der Waals surface area contributed by atoms with Crippen molar-refractivity contribution in [3.05, 3.63) is 71.8 Å². The molecule has 0 saturated carbocycles. The summed E-state index contributed by atoms with van der Waals surface area (Å²) in [5.41, 5.74) is 1.68. The van der Waals surface area contributed by atoms with E-state index in [1.165, 1.54) is 0 Å². The Morgan fingerprint density at radius 3 is 1.93 bits per heavy atom. The van der Waals surface area contributed by atoms with Crippen LogP contribution in [0.25, 0.3) is 0 Å². The highest BCUT2D eigenvalue weighted by Crippen LogP contribution is 2.28. The van der Waals surface area contributed by atoms with Crippen molar-refractivity contribution in [2.75, 3.05) is 0 Å². The molecule has 1 unspecified atom stereocenters. The van der Waals surface area contributed by atoms with Crippen LogP contribution in [0.4, 0.5) is 0 Å². The molecule has 0 amide bonds. The summed E-state index contributed by atoms with van der Waals surface area (Å²) in [5.74, 6) is -0.737. The van der Waals surface area contributed by atoms with Gasteiger partial charge in [-0.2, -0.15) is 0 Å². The molecule has 3 rings (SSSR count). The average molecular weight is 418 g/mol. The van der Waals surface area contributed by atoms with Crippen LogP contribution in [-0.4, -0.2) is 58.3 Å². The van der Waals surface area contributed by atoms with Gasteiger partial charge in [-0.25, -0.2) is 0 Å². The van der Waals surface area contributed by atoms with E-state index in [0.717, 1.165) is 18.1 Å². The molecule has 0 spiro atoms. The van der Waals surface area contributed by atoms with Crippen LogP contribution in [0, 0.1) is 0 Å². The van der Waals surface area contributed by atoms with E-state index in [4.69, 9.17) is 18.9 Å². The molecule has 3 N–H and O–H groups in total. The van der Waals surface area contributed by atoms with Gasteiger partial charge in [-0.05, 0) is 11.1 Å². The van der Waals surface area contributed by atoms with Gasteiger partial charge in [-0.3, -0.25) is 4.79 Å². The Kier molecular flexibility index (Phi) is 7.92. The van der Waals surface area contributed by atoms with Gasteiger partial charge in [0.2, 0.25) is 6.29 Å². The first kappa shape index (κ1) is 22.4. The lowest BCUT2D eigenvalue weighted by atomic mass is 9.97. The third kappa shape index (κ3) is 5.85. The standard InChI is InChI=1S/C22H26O8/c1-14(23)29-22(26)20-18(27-12-15-8-4-2-5-9-15)17(24)19(21(25)30-20)28-13-16-10-6-3-7-11-16/h2-11,17-22,24-26H,12-13H2,1H3/t17-,18-,19+,20-,21-,22?/m0/s1. The SMILES string of the molecule is CC(=O)OC(O)[C@H]1O[C@H](O)[C@H](OCc2ccccc2)[C@@H](O)[C@@H]1OCc1ccccc1. The third-order valence-corrected chi connectivity index (χ3v) is 4.71. The smallest absolute Gasteiger partial charge is 0.305 e. The summed E-state index contributed by atoms with van der Waals surface area (Å²) in [5, 5.41) is 31.5. The molecule has 30 heavy (non-hydrogen) atoms. The summed E-state index contributed by atoms with van der Waals surface area (Å²) in [4.78, 5) is 11.2. The molecule has 8 heteroatoms. The summed E-state index contributed by atoms with van der Waals surface area (Å²) in [6, 6.07) is 18.5. The van der Waals surface area contributed by atoms with Gasteiger partial charge in [0.05, 0.1) is 13.2 Å². The molecule has 0 aliphatic carbocycles. The van der Waals surface area contributed by atoms with Crippen molar-refractivity contribution in [1.29, 1.82) is 0 Å². The van der Waals surface area contributed by atoms with Crippen molar-refractivity contribution in [3.63, 3.8) is 0 Å². The number of esters is 1. The largest absolute Gasteiger partial charge is 0.433 e. The van der Waals surface area contributed by atoms with Gasteiger partial charge in [-0.1, -0.05) is 60.7 Å². The van der Waals surface area contributed by atoms with Crippen molar-refractivity contribution in [2.45, 2.75) is 57.1 Å². The van der Waals surface area contributed by atoms with E-state index >= 15 is 0 Å². The number of hydrogen-bond acceptors (Lipinski definition) is 8. The Bertz CT molecular complexity index is 784. The zero-order valence-electron chi connectivity index (χ0n) is 16.5. The minimum Gasteiger partial charge on any atom is -0.433 e. The normalized spacial score (nSPS) is 27.4. The molecule has 1 aliphatic heterocycles. The Balaban J connectivity index is 1.73. The molecular formula is C22H26O8. The number of benzene rings is 2. The molecular weight excluding hydrogens is 392 g/mol. The van der Waals surface area contributed by atoms with Crippen LogP contribution < -0.4 is 0 Å². The molecule has 8 nitrogen and oxygen atoms in total. The van der Waals surface area contributed by atoms with Crippen molar-refractivity contribution in [3.8, 4) is 0 Å². The van der Waals surface area contributed by atoms with E-state index in [2.05, 4.69) is 0 Å². The summed E-state index contributed by atoms with van der Waals surface area (Å²) in [6.07, 6.45) is -8.20. The van der Waals surface area contributed by atoms with Crippen molar-refractivity contribution in [2.24, 2.45) is 0 Å². The second kappa shape index (κ2) is 10.6. The highest BCUT2D eigenvalue weighted by Gasteiger charge is 2.49. The number of hydrogen-bond donors (Lipinski definition) is 3. The lowest BCUT2D eigenvalue weighted by Crippen LogP contribution is -2.62. The Morgan fingerprint density at radius 2 is 1.43 bits per heavy atom. The monoisotopic (exact) mass is 418 g/mol. The lowest BCUT2D eigenvalue weighted by Gasteiger charge is -2.43. The Hall–Kier alpha value is -2.33. The molecule has 162 valence electrons. The highest BCUT2D eigenvalue weighted by molar-refractivity contribution is 5.66. The Morgan fingerprint density at radius 1 is 0.933 bits per heavy atom. The first-order valence-corrected chi connectivity index (χ1v) is 9.63. The summed E-state index contributed by atoms with van der Waals surface area (Å²) in [7, 11) is 0. The maximum Gasteiger partial charge on any atom is 0.305 e. The quantitative estimate of drug-likeness (QED) is 0.432.